The van der Waals surface area contributed by atoms with Gasteiger partial charge in [-0.25, -0.2) is 12.8 Å². The number of rotatable bonds is 4. The Hall–Kier alpha value is -2.00. The van der Waals surface area contributed by atoms with Crippen molar-refractivity contribution < 1.29 is 22.4 Å². The minimum Gasteiger partial charge on any atom is -0.351 e. The fourth-order valence-corrected chi connectivity index (χ4v) is 5.12. The van der Waals surface area contributed by atoms with E-state index in [1.165, 1.54) is 11.0 Å². The predicted molar refractivity (Wildman–Crippen MR) is 113 cm³/mol. The maximum atomic E-state index is 14.3. The Balaban J connectivity index is 1.98. The van der Waals surface area contributed by atoms with E-state index >= 15 is 0 Å². The maximum Gasteiger partial charge on any atom is 0.247 e. The fraction of sp³-hybridized carbons (Fsp3) is 0.619. The predicted octanol–water partition coefficient (Wildman–Crippen LogP) is 2.34. The van der Waals surface area contributed by atoms with Gasteiger partial charge in [-0.15, -0.1) is 0 Å². The first-order valence-corrected chi connectivity index (χ1v) is 12.2. The average Bonchev–Trinajstić information content (AvgIpc) is 2.92. The molecule has 7 nitrogen and oxygen atoms in total. The van der Waals surface area contributed by atoms with Gasteiger partial charge in [0.05, 0.1) is 12.8 Å². The summed E-state index contributed by atoms with van der Waals surface area (Å²) >= 11 is 0. The number of carbonyl (C=O) groups is 2. The molecule has 30 heavy (non-hydrogen) atoms. The molecule has 1 heterocycles. The van der Waals surface area contributed by atoms with Crippen molar-refractivity contribution >= 4 is 27.5 Å². The highest BCUT2D eigenvalue weighted by molar-refractivity contribution is 7.88. The number of nitrogens with zero attached hydrogens (tertiary/aromatic N) is 2. The molecule has 1 saturated heterocycles. The molecule has 3 rings (SSSR count). The zero-order valence-corrected chi connectivity index (χ0v) is 18.6. The highest BCUT2D eigenvalue weighted by Gasteiger charge is 2.50. The molecule has 1 unspecified atom stereocenters. The standard InChI is InChI=1S/C21H30FN3O4S/c1-15-10-11-17(12-18(15)22)25-19(26)13-24(30(3,28)29)14-21(25,2)20(27)23-16-8-6-4-5-7-9-16/h10-12,16H,4-9,13-14H2,1-3H3,(H,23,27). The number of aryl methyl sites for hydroxylation is 1. The topological polar surface area (TPSA) is 86.8 Å². The van der Waals surface area contributed by atoms with Crippen LogP contribution in [0.2, 0.25) is 0 Å². The van der Waals surface area contributed by atoms with Gasteiger partial charge in [-0.05, 0) is 44.4 Å². The van der Waals surface area contributed by atoms with Crippen LogP contribution in [-0.2, 0) is 19.6 Å². The first kappa shape index (κ1) is 22.7. The molecule has 1 aromatic rings. The lowest BCUT2D eigenvalue weighted by atomic mass is 9.93. The van der Waals surface area contributed by atoms with Crippen LogP contribution in [-0.4, -0.2) is 55.5 Å². The average molecular weight is 440 g/mol. The Morgan fingerprint density at radius 1 is 1.20 bits per heavy atom. The number of hydrogen-bond acceptors (Lipinski definition) is 4. The van der Waals surface area contributed by atoms with Crippen LogP contribution in [0.4, 0.5) is 10.1 Å². The van der Waals surface area contributed by atoms with Gasteiger partial charge >= 0.3 is 0 Å². The Labute approximate surface area is 177 Å². The van der Waals surface area contributed by atoms with E-state index in [1.54, 1.807) is 26.0 Å². The molecule has 1 aliphatic carbocycles. The van der Waals surface area contributed by atoms with Crippen LogP contribution >= 0.6 is 0 Å². The fourth-order valence-electron chi connectivity index (χ4n) is 4.29. The van der Waals surface area contributed by atoms with E-state index in [9.17, 15) is 22.4 Å². The minimum atomic E-state index is -3.69. The second-order valence-electron chi connectivity index (χ2n) is 8.63. The maximum absolute atomic E-state index is 14.3. The number of nitrogens with one attached hydrogen (secondary N) is 1. The number of amides is 2. The number of halogens is 1. The van der Waals surface area contributed by atoms with Gasteiger partial charge in [-0.2, -0.15) is 4.31 Å². The summed E-state index contributed by atoms with van der Waals surface area (Å²) in [5.41, 5.74) is -0.827. The van der Waals surface area contributed by atoms with Crippen molar-refractivity contribution in [3.05, 3.63) is 29.6 Å². The van der Waals surface area contributed by atoms with Crippen LogP contribution in [0.25, 0.3) is 0 Å². The second-order valence-corrected chi connectivity index (χ2v) is 10.6. The lowest BCUT2D eigenvalue weighted by Gasteiger charge is -2.47. The van der Waals surface area contributed by atoms with E-state index in [1.807, 2.05) is 0 Å². The SMILES string of the molecule is Cc1ccc(N2C(=O)CN(S(C)(=O)=O)CC2(C)C(=O)NC2CCCCCC2)cc1F. The summed E-state index contributed by atoms with van der Waals surface area (Å²) in [7, 11) is -3.69. The molecule has 1 aliphatic heterocycles. The van der Waals surface area contributed by atoms with Crippen LogP contribution in [0, 0.1) is 12.7 Å². The number of benzene rings is 1. The van der Waals surface area contributed by atoms with E-state index in [0.717, 1.165) is 49.1 Å². The van der Waals surface area contributed by atoms with Crippen LogP contribution in [0.5, 0.6) is 0 Å². The third-order valence-corrected chi connectivity index (χ3v) is 7.30. The summed E-state index contributed by atoms with van der Waals surface area (Å²) in [6.07, 6.45) is 7.00. The van der Waals surface area contributed by atoms with Gasteiger partial charge in [0, 0.05) is 18.3 Å². The Kier molecular flexibility index (Phi) is 6.52. The molecular formula is C21H30FN3O4S. The minimum absolute atomic E-state index is 0.0165. The Morgan fingerprint density at radius 2 is 1.83 bits per heavy atom. The molecule has 2 fully saturated rings. The first-order chi connectivity index (χ1) is 14.0. The molecule has 1 aromatic carbocycles. The molecule has 2 aliphatic rings. The Morgan fingerprint density at radius 3 is 2.40 bits per heavy atom. The molecule has 0 radical (unpaired) electrons. The van der Waals surface area contributed by atoms with Crippen molar-refractivity contribution in [1.29, 1.82) is 0 Å². The molecule has 1 saturated carbocycles. The van der Waals surface area contributed by atoms with Gasteiger partial charge in [0.25, 0.3) is 0 Å². The number of sulfonamides is 1. The Bertz CT molecular complexity index is 928. The zero-order chi connectivity index (χ0) is 22.1. The molecule has 1 atom stereocenters. The van der Waals surface area contributed by atoms with E-state index in [0.29, 0.717) is 5.56 Å². The quantitative estimate of drug-likeness (QED) is 0.730. The molecular weight excluding hydrogens is 409 g/mol. The number of carbonyl (C=O) groups excluding carboxylic acids is 2. The molecule has 0 spiro atoms. The highest BCUT2D eigenvalue weighted by atomic mass is 32.2. The van der Waals surface area contributed by atoms with Gasteiger partial charge in [0.2, 0.25) is 21.8 Å². The van der Waals surface area contributed by atoms with E-state index < -0.39 is 33.2 Å². The normalized spacial score (nSPS) is 24.5. The van der Waals surface area contributed by atoms with Crippen molar-refractivity contribution in [1.82, 2.24) is 9.62 Å². The van der Waals surface area contributed by atoms with Crippen molar-refractivity contribution in [2.45, 2.75) is 64.0 Å². The summed E-state index contributed by atoms with van der Waals surface area (Å²) < 4.78 is 39.6. The van der Waals surface area contributed by atoms with Crippen LogP contribution in [0.1, 0.15) is 51.0 Å². The molecule has 0 aromatic heterocycles. The van der Waals surface area contributed by atoms with Crippen LogP contribution in [0.3, 0.4) is 0 Å². The zero-order valence-electron chi connectivity index (χ0n) is 17.8. The third-order valence-electron chi connectivity index (χ3n) is 6.10. The van der Waals surface area contributed by atoms with Crippen molar-refractivity contribution in [2.24, 2.45) is 0 Å². The third kappa shape index (κ3) is 4.67. The summed E-state index contributed by atoms with van der Waals surface area (Å²) in [6.45, 7) is 2.58. The summed E-state index contributed by atoms with van der Waals surface area (Å²) in [6, 6.07) is 4.34. The number of piperazine rings is 1. The lowest BCUT2D eigenvalue weighted by Crippen LogP contribution is -2.70. The molecule has 0 bridgehead atoms. The van der Waals surface area contributed by atoms with Gasteiger partial charge < -0.3 is 5.32 Å². The van der Waals surface area contributed by atoms with E-state index in [2.05, 4.69) is 5.32 Å². The number of anilines is 1. The van der Waals surface area contributed by atoms with Crippen molar-refractivity contribution in [2.75, 3.05) is 24.2 Å². The van der Waals surface area contributed by atoms with Gasteiger partial charge in [-0.3, -0.25) is 14.5 Å². The van der Waals surface area contributed by atoms with Crippen LogP contribution in [0.15, 0.2) is 18.2 Å². The number of hydrogen-bond donors (Lipinski definition) is 1. The molecule has 2 amide bonds. The summed E-state index contributed by atoms with van der Waals surface area (Å²) in [4.78, 5) is 27.7. The highest BCUT2D eigenvalue weighted by Crippen LogP contribution is 2.32. The van der Waals surface area contributed by atoms with Crippen molar-refractivity contribution in [3.8, 4) is 0 Å². The molecule has 9 heteroatoms. The monoisotopic (exact) mass is 439 g/mol. The molecule has 166 valence electrons. The molecule has 1 N–H and O–H groups in total. The summed E-state index contributed by atoms with van der Waals surface area (Å²) in [5.74, 6) is -1.47. The lowest BCUT2D eigenvalue weighted by molar-refractivity contribution is -0.133. The van der Waals surface area contributed by atoms with Gasteiger partial charge in [0.15, 0.2) is 0 Å². The smallest absolute Gasteiger partial charge is 0.247 e. The second kappa shape index (κ2) is 8.63. The van der Waals surface area contributed by atoms with E-state index in [-0.39, 0.29) is 24.8 Å². The van der Waals surface area contributed by atoms with E-state index in [4.69, 9.17) is 0 Å². The van der Waals surface area contributed by atoms with Crippen LogP contribution < -0.4 is 10.2 Å². The largest absolute Gasteiger partial charge is 0.351 e. The van der Waals surface area contributed by atoms with Gasteiger partial charge in [-0.1, -0.05) is 31.7 Å². The first-order valence-electron chi connectivity index (χ1n) is 10.4. The van der Waals surface area contributed by atoms with Gasteiger partial charge in [0.1, 0.15) is 11.4 Å². The van der Waals surface area contributed by atoms with Crippen molar-refractivity contribution in [3.63, 3.8) is 0 Å². The summed E-state index contributed by atoms with van der Waals surface area (Å²) in [5, 5.41) is 3.04.